The van der Waals surface area contributed by atoms with E-state index in [1.165, 1.54) is 50.0 Å². The average molecular weight is 344 g/mol. The minimum atomic E-state index is 0.405. The summed E-state index contributed by atoms with van der Waals surface area (Å²) in [5, 5.41) is 0. The number of hydrogen-bond acceptors (Lipinski definition) is 2. The van der Waals surface area contributed by atoms with Crippen molar-refractivity contribution in [3.05, 3.63) is 17.7 Å². The molecule has 1 amide bonds. The highest BCUT2D eigenvalue weighted by Gasteiger charge is 2.30. The molecule has 3 fully saturated rings. The first-order valence-electron chi connectivity index (χ1n) is 10.5. The highest BCUT2D eigenvalue weighted by Crippen LogP contribution is 2.40. The van der Waals surface area contributed by atoms with Gasteiger partial charge in [-0.1, -0.05) is 25.7 Å². The highest BCUT2D eigenvalue weighted by molar-refractivity contribution is 5.76. The number of carbonyl (C=O) groups excluding carboxylic acids is 1. The van der Waals surface area contributed by atoms with Gasteiger partial charge in [-0.25, -0.2) is 4.98 Å². The molecule has 2 saturated carbocycles. The van der Waals surface area contributed by atoms with Crippen LogP contribution in [-0.2, 0) is 11.3 Å². The fourth-order valence-corrected chi connectivity index (χ4v) is 4.79. The molecule has 0 radical (unpaired) electrons. The summed E-state index contributed by atoms with van der Waals surface area (Å²) >= 11 is 0. The Morgan fingerprint density at radius 2 is 1.80 bits per heavy atom. The summed E-state index contributed by atoms with van der Waals surface area (Å²) in [6.45, 7) is 5.20. The summed E-state index contributed by atoms with van der Waals surface area (Å²) in [6.07, 6.45) is 14.3. The lowest BCUT2D eigenvalue weighted by Gasteiger charge is -2.33. The summed E-state index contributed by atoms with van der Waals surface area (Å²) in [5.41, 5.74) is 1.30. The average Bonchev–Trinajstić information content (AvgIpc) is 3.21. The Labute approximate surface area is 152 Å². The van der Waals surface area contributed by atoms with E-state index in [9.17, 15) is 4.79 Å². The zero-order valence-electron chi connectivity index (χ0n) is 15.8. The maximum Gasteiger partial charge on any atom is 0.222 e. The Bertz CT molecular complexity index is 590. The number of aromatic nitrogens is 2. The van der Waals surface area contributed by atoms with Crippen molar-refractivity contribution in [3.63, 3.8) is 0 Å². The molecule has 2 aliphatic carbocycles. The molecule has 4 heteroatoms. The number of hydrogen-bond donors (Lipinski definition) is 0. The molecule has 1 saturated heterocycles. The van der Waals surface area contributed by atoms with Crippen molar-refractivity contribution in [2.24, 2.45) is 11.8 Å². The number of imidazole rings is 1. The predicted octanol–water partition coefficient (Wildman–Crippen LogP) is 4.28. The minimum Gasteiger partial charge on any atom is -0.343 e. The molecule has 2 heterocycles. The topological polar surface area (TPSA) is 38.1 Å². The lowest BCUT2D eigenvalue weighted by Crippen LogP contribution is -2.39. The maximum absolute atomic E-state index is 12.5. The van der Waals surface area contributed by atoms with Crippen LogP contribution >= 0.6 is 0 Å². The van der Waals surface area contributed by atoms with E-state index in [1.54, 1.807) is 0 Å². The summed E-state index contributed by atoms with van der Waals surface area (Å²) in [4.78, 5) is 19.3. The van der Waals surface area contributed by atoms with Crippen LogP contribution in [0.25, 0.3) is 0 Å². The first-order chi connectivity index (χ1) is 12.2. The van der Waals surface area contributed by atoms with Gasteiger partial charge < -0.3 is 9.47 Å². The van der Waals surface area contributed by atoms with Gasteiger partial charge >= 0.3 is 0 Å². The van der Waals surface area contributed by atoms with Crippen molar-refractivity contribution < 1.29 is 4.79 Å². The fraction of sp³-hybridized carbons (Fsp3) is 0.810. The second kappa shape index (κ2) is 7.51. The van der Waals surface area contributed by atoms with Crippen LogP contribution in [0.3, 0.4) is 0 Å². The quantitative estimate of drug-likeness (QED) is 0.773. The van der Waals surface area contributed by atoms with E-state index in [0.717, 1.165) is 51.2 Å². The van der Waals surface area contributed by atoms with Gasteiger partial charge in [0, 0.05) is 43.9 Å². The number of nitrogens with zero attached hydrogens (tertiary/aromatic N) is 3. The van der Waals surface area contributed by atoms with Crippen LogP contribution in [0.4, 0.5) is 0 Å². The van der Waals surface area contributed by atoms with Gasteiger partial charge in [0.05, 0.1) is 0 Å². The Morgan fingerprint density at radius 3 is 2.48 bits per heavy atom. The molecule has 138 valence electrons. The molecule has 4 rings (SSSR count). The van der Waals surface area contributed by atoms with Gasteiger partial charge in [0.25, 0.3) is 0 Å². The van der Waals surface area contributed by atoms with E-state index in [2.05, 4.69) is 21.4 Å². The largest absolute Gasteiger partial charge is 0.343 e. The normalized spacial score (nSPS) is 22.7. The van der Waals surface area contributed by atoms with Crippen LogP contribution in [0, 0.1) is 18.8 Å². The SMILES string of the molecule is Cc1cnc(C2CC2)n1CC1CCN(C(=O)CCC2CCCC2)CC1. The molecule has 0 atom stereocenters. The Hall–Kier alpha value is -1.32. The Balaban J connectivity index is 1.24. The van der Waals surface area contributed by atoms with E-state index < -0.39 is 0 Å². The van der Waals surface area contributed by atoms with Crippen molar-refractivity contribution in [3.8, 4) is 0 Å². The molecular formula is C21H33N3O. The molecule has 0 aromatic carbocycles. The summed E-state index contributed by atoms with van der Waals surface area (Å²) < 4.78 is 2.46. The smallest absolute Gasteiger partial charge is 0.222 e. The first kappa shape index (κ1) is 17.1. The molecule has 0 bridgehead atoms. The molecule has 0 spiro atoms. The number of rotatable bonds is 6. The van der Waals surface area contributed by atoms with Gasteiger partial charge in [0.2, 0.25) is 5.91 Å². The van der Waals surface area contributed by atoms with Crippen LogP contribution in [0.2, 0.25) is 0 Å². The summed E-state index contributed by atoms with van der Waals surface area (Å²) in [7, 11) is 0. The van der Waals surface area contributed by atoms with Crippen LogP contribution in [0.5, 0.6) is 0 Å². The van der Waals surface area contributed by atoms with Crippen LogP contribution in [0.1, 0.15) is 81.6 Å². The second-order valence-electron chi connectivity index (χ2n) is 8.66. The molecule has 3 aliphatic rings. The number of aryl methyl sites for hydroxylation is 1. The van der Waals surface area contributed by atoms with Crippen LogP contribution in [-0.4, -0.2) is 33.4 Å². The molecule has 0 N–H and O–H groups in total. The van der Waals surface area contributed by atoms with Gasteiger partial charge in [-0.2, -0.15) is 0 Å². The molecule has 4 nitrogen and oxygen atoms in total. The molecular weight excluding hydrogens is 310 g/mol. The monoisotopic (exact) mass is 343 g/mol. The summed E-state index contributed by atoms with van der Waals surface area (Å²) in [6, 6.07) is 0. The lowest BCUT2D eigenvalue weighted by molar-refractivity contribution is -0.133. The number of piperidine rings is 1. The second-order valence-corrected chi connectivity index (χ2v) is 8.66. The van der Waals surface area contributed by atoms with Gasteiger partial charge in [0.15, 0.2) is 0 Å². The van der Waals surface area contributed by atoms with Gasteiger partial charge in [-0.05, 0) is 50.9 Å². The lowest BCUT2D eigenvalue weighted by atomic mass is 9.95. The zero-order valence-corrected chi connectivity index (χ0v) is 15.8. The van der Waals surface area contributed by atoms with Gasteiger partial charge in [-0.3, -0.25) is 4.79 Å². The van der Waals surface area contributed by atoms with Crippen LogP contribution < -0.4 is 0 Å². The van der Waals surface area contributed by atoms with Crippen molar-refractivity contribution in [1.82, 2.24) is 14.5 Å². The van der Waals surface area contributed by atoms with Crippen molar-refractivity contribution in [2.75, 3.05) is 13.1 Å². The zero-order chi connectivity index (χ0) is 17.2. The van der Waals surface area contributed by atoms with E-state index in [1.807, 2.05) is 6.20 Å². The van der Waals surface area contributed by atoms with E-state index >= 15 is 0 Å². The molecule has 25 heavy (non-hydrogen) atoms. The predicted molar refractivity (Wildman–Crippen MR) is 99.4 cm³/mol. The van der Waals surface area contributed by atoms with E-state index in [-0.39, 0.29) is 0 Å². The third-order valence-corrected chi connectivity index (χ3v) is 6.68. The van der Waals surface area contributed by atoms with Gasteiger partial charge in [-0.15, -0.1) is 0 Å². The molecule has 1 aromatic heterocycles. The number of likely N-dealkylation sites (tertiary alicyclic amines) is 1. The molecule has 1 aromatic rings. The van der Waals surface area contributed by atoms with Crippen molar-refractivity contribution in [1.29, 1.82) is 0 Å². The van der Waals surface area contributed by atoms with E-state index in [4.69, 9.17) is 0 Å². The Morgan fingerprint density at radius 1 is 1.08 bits per heavy atom. The van der Waals surface area contributed by atoms with Crippen LogP contribution in [0.15, 0.2) is 6.20 Å². The third-order valence-electron chi connectivity index (χ3n) is 6.68. The van der Waals surface area contributed by atoms with Crippen molar-refractivity contribution in [2.45, 2.75) is 83.6 Å². The Kier molecular flexibility index (Phi) is 5.14. The maximum atomic E-state index is 12.5. The minimum absolute atomic E-state index is 0.405. The molecule has 0 unspecified atom stereocenters. The van der Waals surface area contributed by atoms with Gasteiger partial charge in [0.1, 0.15) is 5.82 Å². The fourth-order valence-electron chi connectivity index (χ4n) is 4.79. The first-order valence-corrected chi connectivity index (χ1v) is 10.5. The highest BCUT2D eigenvalue weighted by atomic mass is 16.2. The number of amides is 1. The summed E-state index contributed by atoms with van der Waals surface area (Å²) in [5.74, 6) is 3.96. The number of carbonyl (C=O) groups is 1. The standard InChI is InChI=1S/C21H33N3O/c1-16-14-22-21(19-7-8-19)24(16)15-18-10-12-23(13-11-18)20(25)9-6-17-4-2-3-5-17/h14,17-19H,2-13,15H2,1H3. The van der Waals surface area contributed by atoms with Crippen molar-refractivity contribution >= 4 is 5.91 Å². The molecule has 1 aliphatic heterocycles. The van der Waals surface area contributed by atoms with E-state index in [0.29, 0.717) is 17.7 Å². The third kappa shape index (κ3) is 4.09.